The Hall–Kier alpha value is -2.80. The zero-order valence-corrected chi connectivity index (χ0v) is 21.5. The van der Waals surface area contributed by atoms with Crippen LogP contribution < -0.4 is 15.3 Å². The van der Waals surface area contributed by atoms with Crippen LogP contribution in [0.25, 0.3) is 0 Å². The van der Waals surface area contributed by atoms with E-state index in [4.69, 9.17) is 10.9 Å². The molecule has 2 aliphatic heterocycles. The fourth-order valence-corrected chi connectivity index (χ4v) is 6.17. The molecule has 1 amide bonds. The van der Waals surface area contributed by atoms with E-state index >= 15 is 0 Å². The van der Waals surface area contributed by atoms with Crippen molar-refractivity contribution in [1.82, 2.24) is 4.90 Å². The molecule has 0 radical (unpaired) electrons. The van der Waals surface area contributed by atoms with Crippen molar-refractivity contribution in [2.24, 2.45) is 10.2 Å². The topological polar surface area (TPSA) is 137 Å². The van der Waals surface area contributed by atoms with Gasteiger partial charge in [0.1, 0.15) is 11.3 Å². The van der Waals surface area contributed by atoms with Crippen LogP contribution in [-0.2, 0) is 23.9 Å². The Balaban J connectivity index is 2.07. The molecule has 34 heavy (non-hydrogen) atoms. The molecule has 0 aliphatic carbocycles. The van der Waals surface area contributed by atoms with E-state index in [1.54, 1.807) is 4.90 Å². The van der Waals surface area contributed by atoms with Gasteiger partial charge >= 0.3 is 7.52 Å². The molecule has 0 saturated carbocycles. The third-order valence-corrected chi connectivity index (χ3v) is 7.96. The van der Waals surface area contributed by atoms with Crippen LogP contribution in [0.4, 0.5) is 11.4 Å². The quantitative estimate of drug-likeness (QED) is 0.293. The van der Waals surface area contributed by atoms with Gasteiger partial charge in [-0.2, -0.15) is 4.76 Å². The van der Waals surface area contributed by atoms with Gasteiger partial charge in [-0.05, 0) is 30.0 Å². The predicted molar refractivity (Wildman–Crippen MR) is 133 cm³/mol. The van der Waals surface area contributed by atoms with E-state index in [2.05, 4.69) is 20.7 Å². The first-order valence-electron chi connectivity index (χ1n) is 10.5. The minimum Gasteiger partial charge on any atom is -0.509 e. The van der Waals surface area contributed by atoms with E-state index in [1.165, 1.54) is 25.3 Å². The predicted octanol–water partition coefficient (Wildman–Crippen LogP) is 2.83. The highest BCUT2D eigenvalue weighted by atomic mass is 32.2. The molecule has 3 N–H and O–H groups in total. The number of benzene rings is 1. The Morgan fingerprint density at radius 2 is 2.06 bits per heavy atom. The normalized spacial score (nSPS) is 22.7. The number of rotatable bonds is 7. The summed E-state index contributed by atoms with van der Waals surface area (Å²) in [5.41, 5.74) is -0.0742. The number of sulfonamides is 1. The maximum Gasteiger partial charge on any atom is 0.348 e. The summed E-state index contributed by atoms with van der Waals surface area (Å²) >= 11 is 0. The van der Waals surface area contributed by atoms with Crippen LogP contribution in [0.3, 0.4) is 0 Å². The Morgan fingerprint density at radius 3 is 2.62 bits per heavy atom. The third-order valence-electron chi connectivity index (χ3n) is 5.42. The van der Waals surface area contributed by atoms with E-state index in [0.717, 1.165) is 6.26 Å². The fourth-order valence-electron chi connectivity index (χ4n) is 4.08. The van der Waals surface area contributed by atoms with Crippen LogP contribution in [0, 0.1) is 17.8 Å². The number of hydrogen-bond acceptors (Lipinski definition) is 7. The van der Waals surface area contributed by atoms with Crippen LogP contribution in [0.1, 0.15) is 33.6 Å². The number of terminal acetylenes is 1. The van der Waals surface area contributed by atoms with Gasteiger partial charge in [0.2, 0.25) is 10.0 Å². The average molecular weight is 509 g/mol. The zero-order valence-electron chi connectivity index (χ0n) is 19.7. The summed E-state index contributed by atoms with van der Waals surface area (Å²) in [4.78, 5) is 15.0. The molecule has 2 atom stereocenters. The molecule has 10 nitrogen and oxygen atoms in total. The molecule has 184 valence electrons. The number of amides is 1. The minimum absolute atomic E-state index is 0.0716. The highest BCUT2D eigenvalue weighted by Crippen LogP contribution is 2.52. The van der Waals surface area contributed by atoms with E-state index in [1.807, 2.05) is 20.8 Å². The van der Waals surface area contributed by atoms with Crippen LogP contribution in [0.2, 0.25) is 0 Å². The lowest BCUT2D eigenvalue weighted by Gasteiger charge is -2.35. The van der Waals surface area contributed by atoms with Gasteiger partial charge < -0.3 is 19.8 Å². The summed E-state index contributed by atoms with van der Waals surface area (Å²) in [6.07, 6.45) is 7.39. The summed E-state index contributed by atoms with van der Waals surface area (Å²) in [5.74, 6) is 1.84. The summed E-state index contributed by atoms with van der Waals surface area (Å²) in [6, 6.07) is 3.72. The molecular formula is C22H29N4O6PS. The number of hydrogen-bond donors (Lipinski definition) is 3. The molecule has 2 heterocycles. The second-order valence-electron chi connectivity index (χ2n) is 9.22. The van der Waals surface area contributed by atoms with Gasteiger partial charge in [-0.15, -0.1) is 12.3 Å². The highest BCUT2D eigenvalue weighted by Gasteiger charge is 2.48. The maximum absolute atomic E-state index is 13.6. The first-order valence-corrected chi connectivity index (χ1v) is 14.0. The van der Waals surface area contributed by atoms with Crippen LogP contribution >= 0.6 is 7.52 Å². The van der Waals surface area contributed by atoms with Crippen molar-refractivity contribution in [3.8, 4) is 12.3 Å². The lowest BCUT2D eigenvalue weighted by atomic mass is 9.85. The summed E-state index contributed by atoms with van der Waals surface area (Å²) in [7, 11) is -6.25. The number of amidine groups is 1. The monoisotopic (exact) mass is 508 g/mol. The van der Waals surface area contributed by atoms with Gasteiger partial charge in [0.15, 0.2) is 5.84 Å². The molecule has 12 heteroatoms. The van der Waals surface area contributed by atoms with Crippen molar-refractivity contribution in [3.63, 3.8) is 0 Å². The van der Waals surface area contributed by atoms with Crippen molar-refractivity contribution in [3.05, 3.63) is 29.5 Å². The van der Waals surface area contributed by atoms with Crippen LogP contribution in [0.15, 0.2) is 34.3 Å². The van der Waals surface area contributed by atoms with Gasteiger partial charge in [-0.1, -0.05) is 20.8 Å². The first-order chi connectivity index (χ1) is 15.7. The van der Waals surface area contributed by atoms with Gasteiger partial charge in [0, 0.05) is 25.8 Å². The van der Waals surface area contributed by atoms with Crippen LogP contribution in [-0.4, -0.2) is 56.1 Å². The summed E-state index contributed by atoms with van der Waals surface area (Å²) < 4.78 is 48.6. The smallest absolute Gasteiger partial charge is 0.348 e. The SMILES string of the molecule is C#CCCCN1C(=O)C(C2=NP(=O)(OC)c3cc(NS(C)(=O)=O)ccc3N2)=C(O)C1C(C)(C)C. The fraction of sp³-hybridized carbons (Fsp3) is 0.455. The number of aliphatic hydroxyl groups is 1. The van der Waals surface area contributed by atoms with Crippen molar-refractivity contribution in [1.29, 1.82) is 0 Å². The molecule has 2 aliphatic rings. The zero-order chi connectivity index (χ0) is 25.5. The molecule has 2 unspecified atom stereocenters. The maximum atomic E-state index is 13.6. The second kappa shape index (κ2) is 9.10. The van der Waals surface area contributed by atoms with Gasteiger partial charge in [0.05, 0.1) is 23.3 Å². The average Bonchev–Trinajstić information content (AvgIpc) is 2.97. The number of fused-ring (bicyclic) bond motifs is 1. The van der Waals surface area contributed by atoms with Gasteiger partial charge in [0.25, 0.3) is 5.91 Å². The Morgan fingerprint density at radius 1 is 1.38 bits per heavy atom. The van der Waals surface area contributed by atoms with Gasteiger partial charge in [-0.25, -0.2) is 8.42 Å². The molecule has 0 aromatic heterocycles. The Labute approximate surface area is 200 Å². The lowest BCUT2D eigenvalue weighted by molar-refractivity contribution is -0.128. The molecule has 1 aromatic carbocycles. The number of nitrogens with one attached hydrogen (secondary N) is 2. The molecule has 0 saturated heterocycles. The third kappa shape index (κ3) is 4.99. The number of nitrogens with zero attached hydrogens (tertiary/aromatic N) is 2. The van der Waals surface area contributed by atoms with E-state index in [-0.39, 0.29) is 28.2 Å². The number of unbranched alkanes of at least 4 members (excludes halogenated alkanes) is 1. The molecule has 0 fully saturated rings. The molecule has 1 aromatic rings. The Kier molecular flexibility index (Phi) is 6.91. The molecule has 0 spiro atoms. The summed E-state index contributed by atoms with van der Waals surface area (Å²) in [5, 5.41) is 14.2. The first kappa shape index (κ1) is 25.8. The van der Waals surface area contributed by atoms with Crippen molar-refractivity contribution < 1.29 is 27.4 Å². The van der Waals surface area contributed by atoms with E-state index in [0.29, 0.717) is 25.1 Å². The molecule has 0 bridgehead atoms. The standard InChI is InChI=1S/C22H29N4O6PS/c1-7-8-9-12-26-19(22(2,3)4)18(27)17(21(26)28)20-23-15-11-10-14(25-34(6,30)31)13-16(15)33(29,24-20)32-5/h1,10-11,13,19,25,27H,8-9,12H2,2-6H3,(H,23,24,29). The number of anilines is 2. The minimum atomic E-state index is -3.90. The largest absolute Gasteiger partial charge is 0.509 e. The van der Waals surface area contributed by atoms with Crippen LogP contribution in [0.5, 0.6) is 0 Å². The van der Waals surface area contributed by atoms with E-state index < -0.39 is 34.9 Å². The number of aliphatic hydroxyl groups excluding tert-OH is 1. The number of carbonyl (C=O) groups is 1. The van der Waals surface area contributed by atoms with Crippen molar-refractivity contribution in [2.45, 2.75) is 39.7 Å². The number of carbonyl (C=O) groups excluding carboxylic acids is 1. The van der Waals surface area contributed by atoms with Crippen molar-refractivity contribution >= 4 is 46.0 Å². The van der Waals surface area contributed by atoms with E-state index in [9.17, 15) is 22.9 Å². The van der Waals surface area contributed by atoms with Gasteiger partial charge in [-0.3, -0.25) is 14.1 Å². The van der Waals surface area contributed by atoms with Crippen molar-refractivity contribution in [2.75, 3.05) is 29.9 Å². The molecule has 3 rings (SSSR count). The summed E-state index contributed by atoms with van der Waals surface area (Å²) in [6.45, 7) is 6.05. The second-order valence-corrected chi connectivity index (χ2v) is 13.1. The lowest BCUT2D eigenvalue weighted by Crippen LogP contribution is -2.44. The Bertz CT molecular complexity index is 1270. The molecular weight excluding hydrogens is 479 g/mol. The highest BCUT2D eigenvalue weighted by molar-refractivity contribution is 7.92.